The lowest BCUT2D eigenvalue weighted by Crippen LogP contribution is -2.24. The molecule has 0 bridgehead atoms. The van der Waals surface area contributed by atoms with Crippen LogP contribution in [-0.4, -0.2) is 52.3 Å². The number of rotatable bonds is 8. The van der Waals surface area contributed by atoms with Gasteiger partial charge in [0.1, 0.15) is 5.35 Å². The summed E-state index contributed by atoms with van der Waals surface area (Å²) >= 11 is 0. The third kappa shape index (κ3) is 6.26. The molecule has 0 radical (unpaired) electrons. The zero-order valence-corrected chi connectivity index (χ0v) is 26.2. The molecule has 0 aromatic carbocycles. The van der Waals surface area contributed by atoms with Crippen LogP contribution < -0.4 is 31.8 Å². The maximum Gasteiger partial charge on any atom is 0.306 e. The second kappa shape index (κ2) is 12.6. The molecule has 2 atom stereocenters. The fourth-order valence-electron chi connectivity index (χ4n) is 5.41. The van der Waals surface area contributed by atoms with Crippen LogP contribution in [0.15, 0.2) is 13.2 Å². The Bertz CT molecular complexity index is 2280. The lowest BCUT2D eigenvalue weighted by Gasteiger charge is -2.08. The highest BCUT2D eigenvalue weighted by atomic mass is 16.4. The van der Waals surface area contributed by atoms with Crippen molar-refractivity contribution < 1.29 is 30.0 Å². The molecule has 0 saturated carbocycles. The zero-order valence-electron chi connectivity index (χ0n) is 26.2. The number of carboxylic acid groups (broad SMARTS) is 2. The number of nitrogens with one attached hydrogen (secondary N) is 4. The second-order valence-corrected chi connectivity index (χ2v) is 11.5. The van der Waals surface area contributed by atoms with E-state index in [0.717, 1.165) is 22.3 Å². The highest BCUT2D eigenvalue weighted by Gasteiger charge is 2.20. The first kappa shape index (κ1) is 32.4. The molecule has 0 saturated heterocycles. The fraction of sp³-hybridized carbons (Fsp3) is 0.286. The summed E-state index contributed by atoms with van der Waals surface area (Å²) in [5.41, 5.74) is 14.6. The first-order chi connectivity index (χ1) is 21.2. The summed E-state index contributed by atoms with van der Waals surface area (Å²) in [6.45, 7) is 18.0. The van der Waals surface area contributed by atoms with E-state index in [0.29, 0.717) is 54.3 Å². The van der Waals surface area contributed by atoms with Gasteiger partial charge < -0.3 is 40.4 Å². The van der Waals surface area contributed by atoms with Crippen LogP contribution in [0, 0.1) is 39.5 Å². The molecule has 0 aliphatic heterocycles. The van der Waals surface area contributed by atoms with E-state index < -0.39 is 23.8 Å². The summed E-state index contributed by atoms with van der Waals surface area (Å²) in [5.74, 6) is -3.26. The van der Waals surface area contributed by atoms with Gasteiger partial charge in [0.25, 0.3) is 0 Å². The van der Waals surface area contributed by atoms with E-state index in [1.165, 1.54) is 0 Å². The Balaban J connectivity index is 2.11. The monoisotopic (exact) mass is 610 g/mol. The van der Waals surface area contributed by atoms with Crippen molar-refractivity contribution in [1.82, 2.24) is 19.9 Å². The van der Waals surface area contributed by atoms with Gasteiger partial charge in [-0.25, -0.2) is 0 Å². The number of carbonyl (C=O) groups is 2. The molecule has 10 heteroatoms. The molecule has 45 heavy (non-hydrogen) atoms. The Morgan fingerprint density at radius 1 is 0.689 bits per heavy atom. The highest BCUT2D eigenvalue weighted by Crippen LogP contribution is 2.24. The van der Waals surface area contributed by atoms with Crippen molar-refractivity contribution in [2.24, 2.45) is 11.8 Å². The summed E-state index contributed by atoms with van der Waals surface area (Å²) in [4.78, 5) is 36.3. The first-order valence-corrected chi connectivity index (χ1v) is 14.4. The first-order valence-electron chi connectivity index (χ1n) is 14.4. The SMILES string of the molecule is C=C=c1c(C)c(O)[nH]c1=C=c1[nH]c(=Cc2[nH]c(C=c3[nH]c(O)c(C)c3=C=C)c(C)c2C[C@@H](C)C(=O)O)c(C[C@H](C)C(=O)O)c1C. The Morgan fingerprint density at radius 3 is 1.80 bits per heavy atom. The van der Waals surface area contributed by atoms with Gasteiger partial charge in [0.2, 0.25) is 0 Å². The normalized spacial score (nSPS) is 13.4. The predicted molar refractivity (Wildman–Crippen MR) is 172 cm³/mol. The molecule has 4 rings (SSSR count). The van der Waals surface area contributed by atoms with Crippen LogP contribution in [0.4, 0.5) is 0 Å². The van der Waals surface area contributed by atoms with Gasteiger partial charge >= 0.3 is 11.9 Å². The minimum absolute atomic E-state index is 0.00462. The minimum atomic E-state index is -0.938. The van der Waals surface area contributed by atoms with Gasteiger partial charge in [-0.1, -0.05) is 32.7 Å². The van der Waals surface area contributed by atoms with Crippen molar-refractivity contribution in [3.8, 4) is 11.8 Å². The molecule has 0 unspecified atom stereocenters. The molecule has 0 spiro atoms. The number of H-pyrrole nitrogens is 4. The van der Waals surface area contributed by atoms with Crippen LogP contribution in [0.2, 0.25) is 0 Å². The number of hydrogen-bond acceptors (Lipinski definition) is 4. The van der Waals surface area contributed by atoms with E-state index in [-0.39, 0.29) is 24.6 Å². The van der Waals surface area contributed by atoms with Crippen LogP contribution >= 0.6 is 0 Å². The zero-order chi connectivity index (χ0) is 33.3. The quantitative estimate of drug-likeness (QED) is 0.146. The van der Waals surface area contributed by atoms with E-state index in [4.69, 9.17) is 0 Å². The van der Waals surface area contributed by atoms with Gasteiger partial charge in [0.15, 0.2) is 11.8 Å². The van der Waals surface area contributed by atoms with Gasteiger partial charge in [0.05, 0.1) is 27.8 Å². The summed E-state index contributed by atoms with van der Waals surface area (Å²) in [5, 5.41) is 43.4. The lowest BCUT2D eigenvalue weighted by atomic mass is 9.96. The van der Waals surface area contributed by atoms with E-state index in [1.54, 1.807) is 27.7 Å². The molecular weight excluding hydrogens is 572 g/mol. The average Bonchev–Trinajstić information content (AvgIpc) is 3.62. The topological polar surface area (TPSA) is 178 Å². The third-order valence-corrected chi connectivity index (χ3v) is 8.38. The van der Waals surface area contributed by atoms with Gasteiger partial charge in [-0.2, -0.15) is 0 Å². The van der Waals surface area contributed by atoms with Crippen molar-refractivity contribution in [3.05, 3.63) is 89.8 Å². The Labute approximate surface area is 258 Å². The van der Waals surface area contributed by atoms with Crippen molar-refractivity contribution in [2.75, 3.05) is 0 Å². The van der Waals surface area contributed by atoms with Gasteiger partial charge in [-0.3, -0.25) is 9.59 Å². The maximum absolute atomic E-state index is 11.9. The van der Waals surface area contributed by atoms with Crippen LogP contribution in [0.1, 0.15) is 58.6 Å². The molecule has 10 nitrogen and oxygen atoms in total. The van der Waals surface area contributed by atoms with Crippen LogP contribution in [0.3, 0.4) is 0 Å². The van der Waals surface area contributed by atoms with Crippen LogP contribution in [0.5, 0.6) is 11.8 Å². The number of aromatic hydroxyl groups is 2. The number of aromatic nitrogens is 4. The number of aromatic amines is 4. The Hall–Kier alpha value is -5.52. The van der Waals surface area contributed by atoms with Crippen molar-refractivity contribution >= 4 is 41.3 Å². The maximum atomic E-state index is 11.9. The van der Waals surface area contributed by atoms with Gasteiger partial charge in [-0.05, 0) is 74.9 Å². The smallest absolute Gasteiger partial charge is 0.306 e. The predicted octanol–water partition coefficient (Wildman–Crippen LogP) is 0.710. The third-order valence-electron chi connectivity index (χ3n) is 8.38. The fourth-order valence-corrected chi connectivity index (χ4v) is 5.41. The van der Waals surface area contributed by atoms with E-state index in [1.807, 2.05) is 26.0 Å². The standard InChI is InChI=1S/C35H38N4O6/c1-9-22-20(7)32(40)38-28(22)13-26-18(5)24(11-16(3)34(42)43)30(36-26)15-31-25(12-17(4)35(44)45)19(6)27(37-31)14-29-23(10-2)21(8)33(41)39-29/h13,15-17,36-41H,1-2,11-12H2,3-8H3,(H,42,43)(H,44,45)/t14?,16-,17+/m1/s1. The van der Waals surface area contributed by atoms with E-state index in [9.17, 15) is 30.0 Å². The Morgan fingerprint density at radius 2 is 1.22 bits per heavy atom. The van der Waals surface area contributed by atoms with E-state index >= 15 is 0 Å². The summed E-state index contributed by atoms with van der Waals surface area (Å²) in [6.07, 6.45) is 4.12. The van der Waals surface area contributed by atoms with Gasteiger partial charge in [-0.15, -0.1) is 11.5 Å². The molecule has 0 fully saturated rings. The minimum Gasteiger partial charge on any atom is -0.494 e. The molecule has 4 heterocycles. The second-order valence-electron chi connectivity index (χ2n) is 11.5. The van der Waals surface area contributed by atoms with Crippen molar-refractivity contribution in [1.29, 1.82) is 0 Å². The summed E-state index contributed by atoms with van der Waals surface area (Å²) < 4.78 is 0. The molecule has 0 aliphatic carbocycles. The number of carboxylic acids is 2. The molecule has 4 aromatic rings. The molecule has 0 amide bonds. The average molecular weight is 611 g/mol. The molecule has 8 N–H and O–H groups in total. The van der Waals surface area contributed by atoms with Crippen LogP contribution in [0.25, 0.3) is 29.3 Å². The van der Waals surface area contributed by atoms with Crippen molar-refractivity contribution in [2.45, 2.75) is 54.4 Å². The summed E-state index contributed by atoms with van der Waals surface area (Å²) in [6, 6.07) is 0. The number of hydrogen-bond donors (Lipinski definition) is 8. The Kier molecular flexibility index (Phi) is 9.08. The van der Waals surface area contributed by atoms with Gasteiger partial charge in [0, 0.05) is 33.1 Å². The molecule has 4 aromatic heterocycles. The highest BCUT2D eigenvalue weighted by molar-refractivity contribution is 5.72. The summed E-state index contributed by atoms with van der Waals surface area (Å²) in [7, 11) is 0. The molecule has 0 aliphatic rings. The largest absolute Gasteiger partial charge is 0.494 e. The lowest BCUT2D eigenvalue weighted by molar-refractivity contribution is -0.142. The number of aliphatic carboxylic acids is 2. The molecule has 234 valence electrons. The molecular formula is C35H38N4O6. The van der Waals surface area contributed by atoms with Crippen molar-refractivity contribution in [3.63, 3.8) is 0 Å². The van der Waals surface area contributed by atoms with E-state index in [2.05, 4.69) is 50.3 Å². The van der Waals surface area contributed by atoms with Crippen LogP contribution in [-0.2, 0) is 22.4 Å².